The Morgan fingerprint density at radius 1 is 1.20 bits per heavy atom. The first-order valence-corrected chi connectivity index (χ1v) is 4.65. The molecular weight excluding hydrogens is 190 g/mol. The van der Waals surface area contributed by atoms with Crippen LogP contribution in [0.2, 0.25) is 0 Å². The molecule has 0 spiro atoms. The number of rotatable bonds is 3. The molecule has 0 radical (unpaired) electrons. The van der Waals surface area contributed by atoms with E-state index in [2.05, 4.69) is 15.3 Å². The van der Waals surface area contributed by atoms with E-state index in [9.17, 15) is 0 Å². The van der Waals surface area contributed by atoms with Crippen LogP contribution in [-0.2, 0) is 6.42 Å². The lowest BCUT2D eigenvalue weighted by Gasteiger charge is -2.06. The highest BCUT2D eigenvalue weighted by Crippen LogP contribution is 2.14. The third-order valence-electron chi connectivity index (χ3n) is 1.90. The Hall–Kier alpha value is -2.14. The molecule has 76 valence electrons. The van der Waals surface area contributed by atoms with Gasteiger partial charge >= 0.3 is 0 Å². The maximum absolute atomic E-state index is 8.78. The second kappa shape index (κ2) is 4.92. The van der Waals surface area contributed by atoms with Crippen molar-refractivity contribution in [2.75, 3.05) is 12.4 Å². The number of nitrogens with one attached hydrogen (secondary N) is 1. The fraction of sp³-hybridized carbons (Fsp3) is 0.400. The fourth-order valence-electron chi connectivity index (χ4n) is 1.24. The molecule has 0 atom stereocenters. The van der Waals surface area contributed by atoms with Crippen LogP contribution in [0, 0.1) is 22.7 Å². The van der Waals surface area contributed by atoms with Gasteiger partial charge < -0.3 is 5.32 Å². The quantitative estimate of drug-likeness (QED) is 0.794. The zero-order chi connectivity index (χ0) is 11.3. The average Bonchev–Trinajstić information content (AvgIpc) is 2.28. The van der Waals surface area contributed by atoms with Gasteiger partial charge in [0.2, 0.25) is 0 Å². The molecule has 0 aromatic carbocycles. The summed E-state index contributed by atoms with van der Waals surface area (Å²) < 4.78 is 0. The van der Waals surface area contributed by atoms with Crippen molar-refractivity contribution in [2.24, 2.45) is 0 Å². The lowest BCUT2D eigenvalue weighted by molar-refractivity contribution is 0.866. The smallest absolute Gasteiger partial charge is 0.179 e. The van der Waals surface area contributed by atoms with E-state index in [0.29, 0.717) is 5.82 Å². The van der Waals surface area contributed by atoms with E-state index in [1.165, 1.54) is 0 Å². The first-order valence-electron chi connectivity index (χ1n) is 4.65. The third-order valence-corrected chi connectivity index (χ3v) is 1.90. The zero-order valence-corrected chi connectivity index (χ0v) is 8.70. The molecule has 0 fully saturated rings. The topological polar surface area (TPSA) is 85.4 Å². The van der Waals surface area contributed by atoms with Crippen molar-refractivity contribution in [3.63, 3.8) is 0 Å². The summed E-state index contributed by atoms with van der Waals surface area (Å²) in [5.74, 6) is 0.576. The van der Waals surface area contributed by atoms with Crippen LogP contribution in [0.15, 0.2) is 0 Å². The molecule has 1 rings (SSSR count). The minimum absolute atomic E-state index is 0.0710. The fourth-order valence-corrected chi connectivity index (χ4v) is 1.24. The van der Waals surface area contributed by atoms with Gasteiger partial charge in [0.1, 0.15) is 18.0 Å². The van der Waals surface area contributed by atoms with Crippen molar-refractivity contribution < 1.29 is 0 Å². The van der Waals surface area contributed by atoms with Crippen LogP contribution < -0.4 is 5.32 Å². The van der Waals surface area contributed by atoms with E-state index in [4.69, 9.17) is 10.5 Å². The molecular formula is C10H11N5. The Morgan fingerprint density at radius 3 is 2.27 bits per heavy atom. The molecule has 15 heavy (non-hydrogen) atoms. The highest BCUT2D eigenvalue weighted by molar-refractivity contribution is 5.47. The lowest BCUT2D eigenvalue weighted by atomic mass is 10.2. The first kappa shape index (κ1) is 10.9. The molecule has 0 unspecified atom stereocenters. The van der Waals surface area contributed by atoms with E-state index in [1.807, 2.05) is 19.1 Å². The van der Waals surface area contributed by atoms with Gasteiger partial charge in [0, 0.05) is 7.05 Å². The minimum atomic E-state index is 0.0710. The van der Waals surface area contributed by atoms with Crippen molar-refractivity contribution >= 4 is 5.82 Å². The predicted molar refractivity (Wildman–Crippen MR) is 55.0 cm³/mol. The number of aromatic nitrogens is 2. The number of anilines is 1. The van der Waals surface area contributed by atoms with Gasteiger partial charge in [-0.1, -0.05) is 13.3 Å². The van der Waals surface area contributed by atoms with Crippen LogP contribution >= 0.6 is 0 Å². The van der Waals surface area contributed by atoms with Gasteiger partial charge in [-0.2, -0.15) is 10.5 Å². The third kappa shape index (κ3) is 2.21. The maximum Gasteiger partial charge on any atom is 0.179 e. The standard InChI is InChI=1S/C10H11N5/c1-3-4-7-10(13-2)15-9(6-12)8(5-11)14-7/h3-4H2,1-2H3,(H,13,15). The van der Waals surface area contributed by atoms with Gasteiger partial charge in [0.05, 0.1) is 5.69 Å². The number of nitrogens with zero attached hydrogens (tertiary/aromatic N) is 4. The molecule has 0 aliphatic rings. The summed E-state index contributed by atoms with van der Waals surface area (Å²) in [5, 5.41) is 20.4. The molecule has 5 heteroatoms. The largest absolute Gasteiger partial charge is 0.372 e. The van der Waals surface area contributed by atoms with Gasteiger partial charge in [-0.25, -0.2) is 9.97 Å². The number of aryl methyl sites for hydroxylation is 1. The number of nitriles is 2. The summed E-state index contributed by atoms with van der Waals surface area (Å²) in [5.41, 5.74) is 0.900. The lowest BCUT2D eigenvalue weighted by Crippen LogP contribution is -2.06. The molecule has 0 amide bonds. The summed E-state index contributed by atoms with van der Waals surface area (Å²) in [4.78, 5) is 8.16. The average molecular weight is 201 g/mol. The highest BCUT2D eigenvalue weighted by Gasteiger charge is 2.11. The van der Waals surface area contributed by atoms with Gasteiger partial charge in [-0.3, -0.25) is 0 Å². The van der Waals surface area contributed by atoms with Crippen molar-refractivity contribution in [3.05, 3.63) is 17.1 Å². The van der Waals surface area contributed by atoms with Crippen molar-refractivity contribution in [2.45, 2.75) is 19.8 Å². The van der Waals surface area contributed by atoms with E-state index in [1.54, 1.807) is 7.05 Å². The van der Waals surface area contributed by atoms with Crippen LogP contribution in [0.3, 0.4) is 0 Å². The monoisotopic (exact) mass is 201 g/mol. The first-order chi connectivity index (χ1) is 7.26. The maximum atomic E-state index is 8.78. The molecule has 1 aromatic rings. The summed E-state index contributed by atoms with van der Waals surface area (Å²) in [6, 6.07) is 3.73. The Bertz CT molecular complexity index is 438. The van der Waals surface area contributed by atoms with E-state index < -0.39 is 0 Å². The van der Waals surface area contributed by atoms with Crippen LogP contribution in [0.4, 0.5) is 5.82 Å². The number of hydrogen-bond donors (Lipinski definition) is 1. The highest BCUT2D eigenvalue weighted by atomic mass is 15.0. The molecule has 5 nitrogen and oxygen atoms in total. The van der Waals surface area contributed by atoms with E-state index in [-0.39, 0.29) is 11.4 Å². The van der Waals surface area contributed by atoms with Crippen molar-refractivity contribution in [1.82, 2.24) is 9.97 Å². The predicted octanol–water partition coefficient (Wildman–Crippen LogP) is 1.21. The van der Waals surface area contributed by atoms with Gasteiger partial charge in [0.15, 0.2) is 11.4 Å². The summed E-state index contributed by atoms with van der Waals surface area (Å²) >= 11 is 0. The van der Waals surface area contributed by atoms with Crippen molar-refractivity contribution in [1.29, 1.82) is 10.5 Å². The Labute approximate surface area is 88.4 Å². The molecule has 1 heterocycles. The molecule has 0 bridgehead atoms. The zero-order valence-electron chi connectivity index (χ0n) is 8.70. The van der Waals surface area contributed by atoms with Crippen LogP contribution in [0.1, 0.15) is 30.4 Å². The van der Waals surface area contributed by atoms with Crippen LogP contribution in [0.25, 0.3) is 0 Å². The van der Waals surface area contributed by atoms with E-state index in [0.717, 1.165) is 18.5 Å². The van der Waals surface area contributed by atoms with Gasteiger partial charge in [0.25, 0.3) is 0 Å². The van der Waals surface area contributed by atoms with Crippen molar-refractivity contribution in [3.8, 4) is 12.1 Å². The molecule has 0 aliphatic heterocycles. The van der Waals surface area contributed by atoms with E-state index >= 15 is 0 Å². The summed E-state index contributed by atoms with van der Waals surface area (Å²) in [7, 11) is 1.72. The number of hydrogen-bond acceptors (Lipinski definition) is 5. The normalized spacial score (nSPS) is 9.07. The Kier molecular flexibility index (Phi) is 3.59. The molecule has 0 saturated heterocycles. The SMILES string of the molecule is CCCc1nc(C#N)c(C#N)nc1NC. The van der Waals surface area contributed by atoms with Gasteiger partial charge in [-0.15, -0.1) is 0 Å². The van der Waals surface area contributed by atoms with Gasteiger partial charge in [-0.05, 0) is 6.42 Å². The Morgan fingerprint density at radius 2 is 1.80 bits per heavy atom. The second-order valence-corrected chi connectivity index (χ2v) is 2.94. The van der Waals surface area contributed by atoms with Crippen LogP contribution in [0.5, 0.6) is 0 Å². The summed E-state index contributed by atoms with van der Waals surface area (Å²) in [6.45, 7) is 2.02. The summed E-state index contributed by atoms with van der Waals surface area (Å²) in [6.07, 6.45) is 1.66. The Balaban J connectivity index is 3.30. The molecule has 0 aliphatic carbocycles. The minimum Gasteiger partial charge on any atom is -0.372 e. The molecule has 1 aromatic heterocycles. The molecule has 1 N–H and O–H groups in total. The van der Waals surface area contributed by atoms with Crippen LogP contribution in [-0.4, -0.2) is 17.0 Å². The molecule has 0 saturated carbocycles. The second-order valence-electron chi connectivity index (χ2n) is 2.94.